The summed E-state index contributed by atoms with van der Waals surface area (Å²) < 4.78 is 10.2. The molecule has 0 aliphatic carbocycles. The van der Waals surface area contributed by atoms with Crippen LogP contribution in [0.15, 0.2) is 48.8 Å². The van der Waals surface area contributed by atoms with Gasteiger partial charge in [-0.25, -0.2) is 9.78 Å². The van der Waals surface area contributed by atoms with E-state index in [2.05, 4.69) is 25.6 Å². The standard InChI is InChI=1S/C22H25N5O3/c1-22(2,3)27-21-25-16(15-7-6-10-23-13-15)12-19(26-21)24-17-11-14(20(28)30-5)8-9-18(17)29-4/h6-13H,1-5H3,(H2,24,25,26,27). The lowest BCUT2D eigenvalue weighted by molar-refractivity contribution is 0.0600. The Labute approximate surface area is 175 Å². The van der Waals surface area contributed by atoms with E-state index in [4.69, 9.17) is 9.47 Å². The van der Waals surface area contributed by atoms with Crippen LogP contribution in [0.4, 0.5) is 17.5 Å². The molecule has 0 amide bonds. The first kappa shape index (κ1) is 21.0. The first-order valence-corrected chi connectivity index (χ1v) is 9.40. The van der Waals surface area contributed by atoms with Crippen molar-refractivity contribution < 1.29 is 14.3 Å². The van der Waals surface area contributed by atoms with Gasteiger partial charge in [-0.2, -0.15) is 4.98 Å². The predicted molar refractivity (Wildman–Crippen MR) is 116 cm³/mol. The molecule has 1 aromatic carbocycles. The lowest BCUT2D eigenvalue weighted by atomic mass is 10.1. The second kappa shape index (κ2) is 8.77. The molecule has 2 aromatic heterocycles. The summed E-state index contributed by atoms with van der Waals surface area (Å²) in [5.41, 5.74) is 2.31. The van der Waals surface area contributed by atoms with E-state index in [0.717, 1.165) is 5.56 Å². The molecule has 0 aliphatic rings. The third-order valence-electron chi connectivity index (χ3n) is 4.05. The van der Waals surface area contributed by atoms with Gasteiger partial charge < -0.3 is 20.1 Å². The van der Waals surface area contributed by atoms with Crippen LogP contribution in [0, 0.1) is 0 Å². The second-order valence-electron chi connectivity index (χ2n) is 7.61. The van der Waals surface area contributed by atoms with Crippen molar-refractivity contribution >= 4 is 23.4 Å². The number of methoxy groups -OCH3 is 2. The number of ether oxygens (including phenoxy) is 2. The van der Waals surface area contributed by atoms with Crippen molar-refractivity contribution in [3.05, 3.63) is 54.4 Å². The molecule has 0 spiro atoms. The quantitative estimate of drug-likeness (QED) is 0.584. The van der Waals surface area contributed by atoms with Crippen LogP contribution in [0.25, 0.3) is 11.3 Å². The summed E-state index contributed by atoms with van der Waals surface area (Å²) in [6, 6.07) is 10.6. The zero-order valence-electron chi connectivity index (χ0n) is 17.7. The molecule has 3 aromatic rings. The number of hydrogen-bond acceptors (Lipinski definition) is 8. The van der Waals surface area contributed by atoms with Crippen LogP contribution in [-0.2, 0) is 4.74 Å². The van der Waals surface area contributed by atoms with E-state index in [1.807, 2.05) is 39.0 Å². The normalized spacial score (nSPS) is 11.0. The number of nitrogens with zero attached hydrogens (tertiary/aromatic N) is 3. The lowest BCUT2D eigenvalue weighted by Crippen LogP contribution is -2.27. The minimum Gasteiger partial charge on any atom is -0.495 e. The molecule has 2 N–H and O–H groups in total. The third kappa shape index (κ3) is 5.22. The fourth-order valence-electron chi connectivity index (χ4n) is 2.75. The molecular formula is C22H25N5O3. The summed E-state index contributed by atoms with van der Waals surface area (Å²) >= 11 is 0. The summed E-state index contributed by atoms with van der Waals surface area (Å²) in [5.74, 6) is 1.13. The van der Waals surface area contributed by atoms with Crippen LogP contribution >= 0.6 is 0 Å². The van der Waals surface area contributed by atoms with Gasteiger partial charge in [-0.1, -0.05) is 0 Å². The Morgan fingerprint density at radius 3 is 2.50 bits per heavy atom. The van der Waals surface area contributed by atoms with Gasteiger partial charge in [0.25, 0.3) is 0 Å². The SMILES string of the molecule is COC(=O)c1ccc(OC)c(Nc2cc(-c3cccnc3)nc(NC(C)(C)C)n2)c1. The van der Waals surface area contributed by atoms with Gasteiger partial charge in [0, 0.05) is 29.6 Å². The average molecular weight is 407 g/mol. The van der Waals surface area contributed by atoms with E-state index in [1.54, 1.807) is 37.7 Å². The summed E-state index contributed by atoms with van der Waals surface area (Å²) in [4.78, 5) is 25.3. The Bertz CT molecular complexity index is 1030. The molecule has 0 radical (unpaired) electrons. The Morgan fingerprint density at radius 1 is 1.07 bits per heavy atom. The fourth-order valence-corrected chi connectivity index (χ4v) is 2.75. The molecule has 0 atom stereocenters. The van der Waals surface area contributed by atoms with Gasteiger partial charge in [0.1, 0.15) is 11.6 Å². The van der Waals surface area contributed by atoms with Crippen LogP contribution in [0.5, 0.6) is 5.75 Å². The summed E-state index contributed by atoms with van der Waals surface area (Å²) in [7, 11) is 2.90. The molecule has 30 heavy (non-hydrogen) atoms. The van der Waals surface area contributed by atoms with Gasteiger partial charge in [0.05, 0.1) is 31.2 Å². The maximum Gasteiger partial charge on any atom is 0.337 e. The molecule has 0 aliphatic heterocycles. The number of aromatic nitrogens is 3. The Kier molecular flexibility index (Phi) is 6.15. The molecular weight excluding hydrogens is 382 g/mol. The zero-order valence-corrected chi connectivity index (χ0v) is 17.7. The van der Waals surface area contributed by atoms with Gasteiger partial charge >= 0.3 is 5.97 Å². The Balaban J connectivity index is 2.05. The van der Waals surface area contributed by atoms with Crippen LogP contribution in [0.2, 0.25) is 0 Å². The number of hydrogen-bond donors (Lipinski definition) is 2. The Morgan fingerprint density at radius 2 is 1.87 bits per heavy atom. The van der Waals surface area contributed by atoms with Gasteiger partial charge in [0.2, 0.25) is 5.95 Å². The van der Waals surface area contributed by atoms with Crippen LogP contribution in [0.3, 0.4) is 0 Å². The number of esters is 1. The number of benzene rings is 1. The van der Waals surface area contributed by atoms with E-state index in [-0.39, 0.29) is 5.54 Å². The van der Waals surface area contributed by atoms with Crippen molar-refractivity contribution in [3.8, 4) is 17.0 Å². The van der Waals surface area contributed by atoms with Crippen molar-refractivity contribution in [1.82, 2.24) is 15.0 Å². The van der Waals surface area contributed by atoms with Gasteiger partial charge in [0.15, 0.2) is 0 Å². The molecule has 2 heterocycles. The van der Waals surface area contributed by atoms with Crippen molar-refractivity contribution in [2.75, 3.05) is 24.9 Å². The first-order chi connectivity index (χ1) is 14.3. The lowest BCUT2D eigenvalue weighted by Gasteiger charge is -2.21. The smallest absolute Gasteiger partial charge is 0.337 e. The van der Waals surface area contributed by atoms with Crippen LogP contribution in [-0.4, -0.2) is 40.7 Å². The van der Waals surface area contributed by atoms with Crippen LogP contribution < -0.4 is 15.4 Å². The van der Waals surface area contributed by atoms with Crippen molar-refractivity contribution in [1.29, 1.82) is 0 Å². The molecule has 0 unspecified atom stereocenters. The minimum absolute atomic E-state index is 0.229. The first-order valence-electron chi connectivity index (χ1n) is 9.40. The maximum atomic E-state index is 11.9. The highest BCUT2D eigenvalue weighted by atomic mass is 16.5. The van der Waals surface area contributed by atoms with Gasteiger partial charge in [-0.15, -0.1) is 0 Å². The molecule has 8 nitrogen and oxygen atoms in total. The number of carbonyl (C=O) groups is 1. The fraction of sp³-hybridized carbons (Fsp3) is 0.273. The average Bonchev–Trinajstić information content (AvgIpc) is 2.72. The summed E-state index contributed by atoms with van der Waals surface area (Å²) in [6.07, 6.45) is 3.45. The summed E-state index contributed by atoms with van der Waals surface area (Å²) in [6.45, 7) is 6.09. The second-order valence-corrected chi connectivity index (χ2v) is 7.61. The molecule has 3 rings (SSSR count). The highest BCUT2D eigenvalue weighted by Gasteiger charge is 2.16. The number of nitrogens with one attached hydrogen (secondary N) is 2. The van der Waals surface area contributed by atoms with Gasteiger partial charge in [-0.3, -0.25) is 4.98 Å². The van der Waals surface area contributed by atoms with E-state index in [1.165, 1.54) is 7.11 Å². The molecule has 0 fully saturated rings. The van der Waals surface area contributed by atoms with E-state index in [0.29, 0.717) is 34.5 Å². The van der Waals surface area contributed by atoms with E-state index >= 15 is 0 Å². The molecule has 0 bridgehead atoms. The van der Waals surface area contributed by atoms with Gasteiger partial charge in [-0.05, 0) is 51.1 Å². The monoisotopic (exact) mass is 407 g/mol. The molecule has 156 valence electrons. The molecule has 0 saturated carbocycles. The number of pyridine rings is 1. The topological polar surface area (TPSA) is 98.3 Å². The van der Waals surface area contributed by atoms with E-state index in [9.17, 15) is 4.79 Å². The third-order valence-corrected chi connectivity index (χ3v) is 4.05. The van der Waals surface area contributed by atoms with Crippen LogP contribution in [0.1, 0.15) is 31.1 Å². The highest BCUT2D eigenvalue weighted by molar-refractivity contribution is 5.91. The zero-order chi connectivity index (χ0) is 21.7. The van der Waals surface area contributed by atoms with Crippen molar-refractivity contribution in [2.45, 2.75) is 26.3 Å². The molecule has 8 heteroatoms. The summed E-state index contributed by atoms with van der Waals surface area (Å²) in [5, 5.41) is 6.53. The van der Waals surface area contributed by atoms with E-state index < -0.39 is 5.97 Å². The van der Waals surface area contributed by atoms with Crippen molar-refractivity contribution in [2.24, 2.45) is 0 Å². The largest absolute Gasteiger partial charge is 0.495 e. The van der Waals surface area contributed by atoms with Crippen molar-refractivity contribution in [3.63, 3.8) is 0 Å². The number of carbonyl (C=O) groups excluding carboxylic acids is 1. The predicted octanol–water partition coefficient (Wildman–Crippen LogP) is 4.29. The highest BCUT2D eigenvalue weighted by Crippen LogP contribution is 2.30. The minimum atomic E-state index is -0.436. The maximum absolute atomic E-state index is 11.9. The molecule has 0 saturated heterocycles. The Hall–Kier alpha value is -3.68. The number of rotatable bonds is 6. The number of anilines is 3.